The van der Waals surface area contributed by atoms with E-state index in [0.29, 0.717) is 0 Å². The molecule has 2 bridgehead atoms. The van der Waals surface area contributed by atoms with Crippen LogP contribution in [-0.2, 0) is 11.8 Å². The topological polar surface area (TPSA) is 51.0 Å². The Morgan fingerprint density at radius 2 is 1.84 bits per heavy atom. The van der Waals surface area contributed by atoms with Gasteiger partial charge in [0.25, 0.3) is 0 Å². The molecule has 2 atom stereocenters. The van der Waals surface area contributed by atoms with Crippen molar-refractivity contribution in [1.29, 1.82) is 0 Å². The number of piperidine rings is 1. The van der Waals surface area contributed by atoms with Gasteiger partial charge in [0, 0.05) is 23.9 Å². The van der Waals surface area contributed by atoms with E-state index < -0.39 is 0 Å². The summed E-state index contributed by atoms with van der Waals surface area (Å²) in [6.07, 6.45) is 6.18. The number of aromatic nitrogens is 2. The number of nitrogens with zero attached hydrogens (tertiary/aromatic N) is 2. The number of fused-ring (bicyclic) bond motifs is 2. The van der Waals surface area contributed by atoms with Gasteiger partial charge in [-0.3, -0.25) is 0 Å². The molecule has 0 spiro atoms. The smallest absolute Gasteiger partial charge is 0.226 e. The SMILES string of the molecule is CC(C)(C)c1noc(CC2CC3CCC(C2)N3)n1.Cl. The van der Waals surface area contributed by atoms with Gasteiger partial charge in [-0.15, -0.1) is 12.4 Å². The minimum atomic E-state index is -0.0190. The third kappa shape index (κ3) is 3.29. The first kappa shape index (κ1) is 14.8. The average molecular weight is 286 g/mol. The summed E-state index contributed by atoms with van der Waals surface area (Å²) in [7, 11) is 0. The molecule has 0 amide bonds. The molecule has 5 heteroatoms. The molecular weight excluding hydrogens is 262 g/mol. The van der Waals surface area contributed by atoms with Crippen molar-refractivity contribution < 1.29 is 4.52 Å². The quantitative estimate of drug-likeness (QED) is 0.908. The van der Waals surface area contributed by atoms with Gasteiger partial charge in [0.2, 0.25) is 5.89 Å². The molecule has 3 heterocycles. The highest BCUT2D eigenvalue weighted by atomic mass is 35.5. The van der Waals surface area contributed by atoms with E-state index in [0.717, 1.165) is 36.1 Å². The van der Waals surface area contributed by atoms with E-state index in [1.165, 1.54) is 25.7 Å². The number of rotatable bonds is 2. The molecule has 0 saturated carbocycles. The Kier molecular flexibility index (Phi) is 4.21. The van der Waals surface area contributed by atoms with Gasteiger partial charge >= 0.3 is 0 Å². The molecule has 108 valence electrons. The molecule has 1 aromatic rings. The Labute approximate surface area is 121 Å². The fourth-order valence-electron chi connectivity index (χ4n) is 3.23. The second-order valence-electron chi connectivity index (χ2n) is 6.94. The van der Waals surface area contributed by atoms with Crippen molar-refractivity contribution in [3.8, 4) is 0 Å². The Morgan fingerprint density at radius 3 is 2.37 bits per heavy atom. The molecule has 1 aromatic heterocycles. The summed E-state index contributed by atoms with van der Waals surface area (Å²) in [6.45, 7) is 6.35. The van der Waals surface area contributed by atoms with E-state index in [1.807, 2.05) is 0 Å². The predicted octanol–water partition coefficient (Wildman–Crippen LogP) is 2.86. The van der Waals surface area contributed by atoms with Crippen molar-refractivity contribution in [2.75, 3.05) is 0 Å². The zero-order valence-corrected chi connectivity index (χ0v) is 12.8. The monoisotopic (exact) mass is 285 g/mol. The van der Waals surface area contributed by atoms with Crippen LogP contribution in [0.5, 0.6) is 0 Å². The number of hydrogen-bond acceptors (Lipinski definition) is 4. The first-order chi connectivity index (χ1) is 8.50. The lowest BCUT2D eigenvalue weighted by Crippen LogP contribution is -2.38. The van der Waals surface area contributed by atoms with Gasteiger partial charge in [0.1, 0.15) is 0 Å². The van der Waals surface area contributed by atoms with Gasteiger partial charge in [-0.2, -0.15) is 4.98 Å². The molecule has 19 heavy (non-hydrogen) atoms. The summed E-state index contributed by atoms with van der Waals surface area (Å²) in [5, 5.41) is 7.77. The fraction of sp³-hybridized carbons (Fsp3) is 0.857. The maximum absolute atomic E-state index is 5.40. The summed E-state index contributed by atoms with van der Waals surface area (Å²) in [5.74, 6) is 2.37. The van der Waals surface area contributed by atoms with Crippen LogP contribution in [0.15, 0.2) is 4.52 Å². The standard InChI is InChI=1S/C14H23N3O.ClH/c1-14(2,3)13-16-12(18-17-13)8-9-6-10-4-5-11(7-9)15-10;/h9-11,15H,4-8H2,1-3H3;1H. The normalized spacial score (nSPS) is 30.2. The van der Waals surface area contributed by atoms with Gasteiger partial charge in [-0.1, -0.05) is 25.9 Å². The molecule has 2 fully saturated rings. The highest BCUT2D eigenvalue weighted by Gasteiger charge is 2.34. The molecule has 3 rings (SSSR count). The lowest BCUT2D eigenvalue weighted by molar-refractivity contribution is 0.269. The number of nitrogens with one attached hydrogen (secondary N) is 1. The first-order valence-electron chi connectivity index (χ1n) is 7.10. The average Bonchev–Trinajstić information content (AvgIpc) is 2.85. The Morgan fingerprint density at radius 1 is 1.21 bits per heavy atom. The highest BCUT2D eigenvalue weighted by molar-refractivity contribution is 5.85. The van der Waals surface area contributed by atoms with Crippen molar-refractivity contribution >= 4 is 12.4 Å². The van der Waals surface area contributed by atoms with Gasteiger partial charge in [0.05, 0.1) is 0 Å². The Hall–Kier alpha value is -0.610. The maximum Gasteiger partial charge on any atom is 0.226 e. The van der Waals surface area contributed by atoms with E-state index in [-0.39, 0.29) is 17.8 Å². The number of hydrogen-bond donors (Lipinski definition) is 1. The summed E-state index contributed by atoms with van der Waals surface area (Å²) < 4.78 is 5.40. The van der Waals surface area contributed by atoms with Crippen molar-refractivity contribution in [2.24, 2.45) is 5.92 Å². The van der Waals surface area contributed by atoms with Crippen LogP contribution in [0.1, 0.15) is 58.2 Å². The van der Waals surface area contributed by atoms with E-state index >= 15 is 0 Å². The van der Waals surface area contributed by atoms with E-state index in [4.69, 9.17) is 4.52 Å². The molecule has 1 N–H and O–H groups in total. The third-order valence-electron chi connectivity index (χ3n) is 4.17. The molecular formula is C14H24ClN3O. The highest BCUT2D eigenvalue weighted by Crippen LogP contribution is 2.32. The summed E-state index contributed by atoms with van der Waals surface area (Å²) in [6, 6.07) is 1.47. The Balaban J connectivity index is 0.00000133. The molecule has 4 nitrogen and oxygen atoms in total. The van der Waals surface area contributed by atoms with Gasteiger partial charge < -0.3 is 9.84 Å². The molecule has 0 aliphatic carbocycles. The lowest BCUT2D eigenvalue weighted by atomic mass is 9.89. The molecule has 0 aromatic carbocycles. The largest absolute Gasteiger partial charge is 0.339 e. The van der Waals surface area contributed by atoms with Crippen LogP contribution < -0.4 is 5.32 Å². The molecule has 2 aliphatic rings. The zero-order valence-electron chi connectivity index (χ0n) is 12.0. The number of halogens is 1. The van der Waals surface area contributed by atoms with Gasteiger partial charge in [-0.25, -0.2) is 0 Å². The van der Waals surface area contributed by atoms with Crippen molar-refractivity contribution in [3.63, 3.8) is 0 Å². The Bertz CT molecular complexity index is 415. The van der Waals surface area contributed by atoms with Crippen LogP contribution >= 0.6 is 12.4 Å². The predicted molar refractivity (Wildman–Crippen MR) is 76.6 cm³/mol. The molecule has 2 unspecified atom stereocenters. The zero-order chi connectivity index (χ0) is 12.8. The van der Waals surface area contributed by atoms with Crippen molar-refractivity contribution in [3.05, 3.63) is 11.7 Å². The third-order valence-corrected chi connectivity index (χ3v) is 4.17. The second-order valence-corrected chi connectivity index (χ2v) is 6.94. The van der Waals surface area contributed by atoms with Crippen LogP contribution in [0.25, 0.3) is 0 Å². The van der Waals surface area contributed by atoms with E-state index in [2.05, 4.69) is 36.2 Å². The van der Waals surface area contributed by atoms with Crippen LogP contribution in [0.3, 0.4) is 0 Å². The molecule has 2 saturated heterocycles. The van der Waals surface area contributed by atoms with Crippen molar-refractivity contribution in [1.82, 2.24) is 15.5 Å². The summed E-state index contributed by atoms with van der Waals surface area (Å²) >= 11 is 0. The van der Waals surface area contributed by atoms with Crippen molar-refractivity contribution in [2.45, 2.75) is 70.4 Å². The molecule has 0 radical (unpaired) electrons. The second kappa shape index (κ2) is 5.41. The van der Waals surface area contributed by atoms with Crippen LogP contribution in [0.2, 0.25) is 0 Å². The maximum atomic E-state index is 5.40. The minimum absolute atomic E-state index is 0. The van der Waals surface area contributed by atoms with Gasteiger partial charge in [-0.05, 0) is 31.6 Å². The van der Waals surface area contributed by atoms with Gasteiger partial charge in [0.15, 0.2) is 5.82 Å². The van der Waals surface area contributed by atoms with Crippen LogP contribution in [0.4, 0.5) is 0 Å². The molecule has 2 aliphatic heterocycles. The lowest BCUT2D eigenvalue weighted by Gasteiger charge is -2.28. The van der Waals surface area contributed by atoms with E-state index in [9.17, 15) is 0 Å². The minimum Gasteiger partial charge on any atom is -0.339 e. The summed E-state index contributed by atoms with van der Waals surface area (Å²) in [5.41, 5.74) is -0.0190. The van der Waals surface area contributed by atoms with Crippen LogP contribution in [-0.4, -0.2) is 22.2 Å². The van der Waals surface area contributed by atoms with Crippen LogP contribution in [0, 0.1) is 5.92 Å². The van der Waals surface area contributed by atoms with E-state index in [1.54, 1.807) is 0 Å². The summed E-state index contributed by atoms with van der Waals surface area (Å²) in [4.78, 5) is 4.55. The fourth-order valence-corrected chi connectivity index (χ4v) is 3.23. The first-order valence-corrected chi connectivity index (χ1v) is 7.10.